The highest BCUT2D eigenvalue weighted by Gasteiger charge is 2.52. The lowest BCUT2D eigenvalue weighted by Gasteiger charge is -2.32. The van der Waals surface area contributed by atoms with Crippen LogP contribution >= 0.6 is 280 Å². The van der Waals surface area contributed by atoms with Gasteiger partial charge in [-0.2, -0.15) is 0 Å². The predicted molar refractivity (Wildman–Crippen MR) is 531 cm³/mol. The Balaban J connectivity index is 0.000000682. The van der Waals surface area contributed by atoms with Gasteiger partial charge in [-0.25, -0.2) is 0 Å². The van der Waals surface area contributed by atoms with Crippen LogP contribution in [-0.2, 0) is 22.5 Å². The minimum absolute atomic E-state index is 0. The first-order valence-electron chi connectivity index (χ1n) is 31.6. The van der Waals surface area contributed by atoms with Crippen LogP contribution in [-0.4, -0.2) is 109 Å². The number of halogens is 18. The van der Waals surface area contributed by atoms with Crippen molar-refractivity contribution in [3.05, 3.63) is 275 Å². The van der Waals surface area contributed by atoms with E-state index in [1.165, 1.54) is 0 Å². The predicted octanol–water partition coefficient (Wildman–Crippen LogP) is 29.2. The number of benzene rings is 8. The third kappa shape index (κ3) is 34.6. The fraction of sp³-hybridized carbons (Fsp3) is 0.179. The van der Waals surface area contributed by atoms with E-state index in [0.717, 1.165) is 95.7 Å². The maximum absolute atomic E-state index is 9.77. The summed E-state index contributed by atoms with van der Waals surface area (Å²) in [5, 5.41) is 69.3. The Morgan fingerprint density at radius 1 is 0.388 bits per heavy atom. The van der Waals surface area contributed by atoms with Gasteiger partial charge in [0.2, 0.25) is 5.88 Å². The van der Waals surface area contributed by atoms with E-state index in [9.17, 15) is 10.2 Å². The molecule has 1 saturated heterocycles. The number of hydrogen-bond acceptors (Lipinski definition) is 18. The van der Waals surface area contributed by atoms with E-state index in [-0.39, 0.29) is 74.3 Å². The van der Waals surface area contributed by atoms with Crippen molar-refractivity contribution in [3.8, 4) is 74.1 Å². The zero-order valence-corrected chi connectivity index (χ0v) is 86.1. The van der Waals surface area contributed by atoms with E-state index >= 15 is 0 Å². The van der Waals surface area contributed by atoms with Crippen LogP contribution in [0.25, 0.3) is 33.8 Å². The van der Waals surface area contributed by atoms with Gasteiger partial charge in [0.15, 0.2) is 15.5 Å². The number of aromatic hydroxyl groups is 3. The van der Waals surface area contributed by atoms with Gasteiger partial charge in [-0.05, 0) is 398 Å². The van der Waals surface area contributed by atoms with Gasteiger partial charge in [-0.3, -0.25) is 0 Å². The Morgan fingerprint density at radius 2 is 0.707 bits per heavy atom. The third-order valence-corrected chi connectivity index (χ3v) is 24.3. The van der Waals surface area contributed by atoms with Crippen LogP contribution in [0.15, 0.2) is 245 Å². The molecule has 38 heteroatoms. The minimum Gasteiger partial charge on any atom is -0.506 e. The van der Waals surface area contributed by atoms with Crippen LogP contribution in [0.3, 0.4) is 0 Å². The van der Waals surface area contributed by atoms with Crippen molar-refractivity contribution in [2.45, 2.75) is 74.4 Å². The first-order valence-corrected chi connectivity index (χ1v) is 44.9. The Morgan fingerprint density at radius 3 is 1.02 bits per heavy atom. The molecule has 0 atom stereocenters. The maximum atomic E-state index is 9.77. The molecule has 18 nitrogen and oxygen atoms in total. The average Bonchev–Trinajstić information content (AvgIpc) is 1.62. The second-order valence-electron chi connectivity index (χ2n) is 23.1. The van der Waals surface area contributed by atoms with Crippen molar-refractivity contribution in [2.24, 2.45) is 0 Å². The van der Waals surface area contributed by atoms with Crippen LogP contribution in [0, 0.1) is 3.70 Å². The molecular weight excluding hydrogens is 2580 g/mol. The second kappa shape index (κ2) is 53.9. The highest BCUT2D eigenvalue weighted by atomic mass is 127. The van der Waals surface area contributed by atoms with E-state index in [0.29, 0.717) is 66.2 Å². The lowest BCUT2D eigenvalue weighted by atomic mass is 9.79. The molecule has 4 aromatic heterocycles. The number of rotatable bonds is 11. The summed E-state index contributed by atoms with van der Waals surface area (Å²) >= 11 is 65.6. The number of para-hydroxylation sites is 2. The van der Waals surface area contributed by atoms with Crippen LogP contribution < -0.4 is 24.4 Å². The largest absolute Gasteiger partial charge is 0.506 e. The van der Waals surface area contributed by atoms with E-state index in [1.54, 1.807) is 94.1 Å². The maximum Gasteiger partial charge on any atom is 0.494 e. The van der Waals surface area contributed by atoms with Gasteiger partial charge in [-0.1, -0.05) is 125 Å². The van der Waals surface area contributed by atoms with Gasteiger partial charge in [0, 0.05) is 41.5 Å². The quantitative estimate of drug-likeness (QED) is 0.0695. The first kappa shape index (κ1) is 109. The molecule has 1 aliphatic heterocycles. The molecule has 1 aliphatic rings. The minimum atomic E-state index is -0.372. The number of phenols is 3. The molecule has 617 valence electrons. The molecule has 1 fully saturated rings. The van der Waals surface area contributed by atoms with Crippen LogP contribution in [0.4, 0.5) is 0 Å². The van der Waals surface area contributed by atoms with Crippen molar-refractivity contribution in [1.82, 2.24) is 40.8 Å². The summed E-state index contributed by atoms with van der Waals surface area (Å²) in [7, 11) is 4.53. The second-order valence-corrected chi connectivity index (χ2v) is 37.5. The Bertz CT molecular complexity index is 4950. The Hall–Kier alpha value is -2.99. The number of aliphatic hydroxyl groups excluding tert-OH is 1. The van der Waals surface area contributed by atoms with Crippen LogP contribution in [0.5, 0.6) is 40.4 Å². The molecule has 8 aromatic carbocycles. The normalized spacial score (nSPS) is 11.5. The molecule has 5 heterocycles. The summed E-state index contributed by atoms with van der Waals surface area (Å²) in [6.07, 6.45) is 0. The molecule has 13 rings (SSSR count). The molecule has 0 aliphatic carbocycles. The van der Waals surface area contributed by atoms with E-state index in [1.807, 2.05) is 137 Å². The van der Waals surface area contributed by atoms with Crippen molar-refractivity contribution >= 4 is 301 Å². The Kier molecular flexibility index (Phi) is 50.7. The molecule has 0 saturated carbocycles. The molecule has 0 unspecified atom stereocenters. The number of methoxy groups -OCH3 is 3. The molecule has 116 heavy (non-hydrogen) atoms. The topological polar surface area (TPSA) is 239 Å². The lowest BCUT2D eigenvalue weighted by Crippen LogP contribution is -2.41. The summed E-state index contributed by atoms with van der Waals surface area (Å²) in [6, 6.07) is 55.6. The van der Waals surface area contributed by atoms with Gasteiger partial charge in [0.1, 0.15) is 44.8 Å². The molecule has 0 amide bonds. The number of hydrogen-bond donors (Lipinski definition) is 4. The smallest absolute Gasteiger partial charge is 0.494 e. The van der Waals surface area contributed by atoms with Gasteiger partial charge < -0.3 is 48.7 Å². The van der Waals surface area contributed by atoms with E-state index in [4.69, 9.17) is 73.3 Å². The highest BCUT2D eigenvalue weighted by Crippen LogP contribution is 2.42. The van der Waals surface area contributed by atoms with Crippen molar-refractivity contribution in [3.63, 3.8) is 0 Å². The fourth-order valence-corrected chi connectivity index (χ4v) is 17.8. The monoisotopic (exact) mass is 2640 g/mol. The number of aliphatic hydroxyl groups is 1. The summed E-state index contributed by atoms with van der Waals surface area (Å²) < 4.78 is 45.3. The molecule has 0 bridgehead atoms. The molecule has 3 radical (unpaired) electrons. The number of nitrogens with zero attached hydrogens (tertiary/aromatic N) is 8. The lowest BCUT2D eigenvalue weighted by molar-refractivity contribution is 0.00578. The van der Waals surface area contributed by atoms with Crippen molar-refractivity contribution in [1.29, 1.82) is 0 Å². The summed E-state index contributed by atoms with van der Waals surface area (Å²) in [5.41, 5.74) is 6.97. The summed E-state index contributed by atoms with van der Waals surface area (Å²) in [5.74, 6) is 3.36. The molecular formula is C78H73B2Br14Cl3IN8O10. The van der Waals surface area contributed by atoms with E-state index < -0.39 is 0 Å². The van der Waals surface area contributed by atoms with Gasteiger partial charge in [-0.15, -0.1) is 40.8 Å². The summed E-state index contributed by atoms with van der Waals surface area (Å²) in [4.78, 5) is 0. The van der Waals surface area contributed by atoms with Gasteiger partial charge in [0.05, 0.1) is 110 Å². The number of phenolic OH excluding ortho intramolecular Hbond substituents is 3. The average molecular weight is 2660 g/mol. The number of ether oxygens (including phenoxy) is 4. The molecule has 0 spiro atoms. The van der Waals surface area contributed by atoms with Crippen LogP contribution in [0.2, 0.25) is 15.5 Å². The van der Waals surface area contributed by atoms with Crippen LogP contribution in [0.1, 0.15) is 62.5 Å². The summed E-state index contributed by atoms with van der Waals surface area (Å²) in [6.45, 7) is 8.70. The first-order chi connectivity index (χ1) is 53.0. The van der Waals surface area contributed by atoms with E-state index in [2.05, 4.69) is 286 Å². The zero-order chi connectivity index (χ0) is 82.7. The fourth-order valence-electron chi connectivity index (χ4n) is 8.60. The molecule has 12 aromatic rings. The standard InChI is InChI=1S/C17H11Br3N2O2.C13H17BBr2O3.C11H7Br2ClN2O.C10H5Br2ClN2O.C7H6Br2O.C7H7BrO.C6H4Br2O.C4H2ClIN2.3CH4.B.H2/c18-12-3-1-2-10(6-12)9-24-16-5-4-15(21-22-16)11-7-13(19)17(23)14(20)8-11;1-12(2)13(3,4)19-14(18-12)8-6-9(15)11(17-5)10(16)7-8;1-17-11-7(12)4-6(5-8(11)13)9-2-3-10(14)16-15-9;11-6-3-5(4-7(12)10(6)16)8-1-2-9(13)15-14-8;1-10-7-5(8)3-2-4-6(7)9;8-7-3-1-2-6(4-7)5-9;7-4-2-1-3-5(8)6(4)9;5-3-1-2-4(6)8-7-3;;;;;/h1-8,23H,9H2;6-7H,1-5H3;2-5H,1H3;1-4,16H;2-4H,1H3;1-4,9H,5H2;1-3,9H;1-2H;3*1H4;;1H/i;;;;;;;;;;;;1+1. The zero-order valence-electron chi connectivity index (χ0n) is 59.5. The number of aromatic nitrogens is 8. The Labute approximate surface area is 826 Å². The molecule has 4 N–H and O–H groups in total. The van der Waals surface area contributed by atoms with Gasteiger partial charge >= 0.3 is 7.12 Å². The third-order valence-electron chi connectivity index (χ3n) is 14.8. The SMILES string of the molecule is C.C.C.COc1c(Br)cc(-c2ccc(Cl)nn2)cc1Br.COc1c(Br)cc(B2OC(C)(C)C(C)(C)O2)cc1Br.COc1c(Br)cccc1Br.Clc1ccc(I)nn1.OCc1cccc(Br)c1.Oc1c(Br)cc(-c2ccc(Cl)nn2)cc1Br.Oc1c(Br)cc(-c2ccc(OCc3cccc(Br)c3)nn2)cc1Br.Oc1c(Br)cccc1Br.[2HH].[B]. The van der Waals surface area contributed by atoms with Crippen molar-refractivity contribution < 1.29 is 50.1 Å². The van der Waals surface area contributed by atoms with Crippen molar-refractivity contribution in [2.75, 3.05) is 21.3 Å². The highest BCUT2D eigenvalue weighted by molar-refractivity contribution is 14.1. The van der Waals surface area contributed by atoms with Gasteiger partial charge in [0.25, 0.3) is 0 Å².